The number of carbonyl (C=O) groups is 4. The zero-order chi connectivity index (χ0) is 31.1. The number of benzene rings is 3. The lowest BCUT2D eigenvalue weighted by atomic mass is 9.81. The van der Waals surface area contributed by atoms with E-state index in [-0.39, 0.29) is 39.1 Å². The first-order chi connectivity index (χ1) is 21.2. The third kappa shape index (κ3) is 5.63. The first kappa shape index (κ1) is 30.3. The van der Waals surface area contributed by atoms with Gasteiger partial charge in [-0.15, -0.1) is 0 Å². The minimum absolute atomic E-state index is 0.135. The first-order valence-electron chi connectivity index (χ1n) is 14.6. The number of aryl methyl sites for hydroxylation is 1. The van der Waals surface area contributed by atoms with Gasteiger partial charge >= 0.3 is 5.97 Å². The van der Waals surface area contributed by atoms with Crippen molar-refractivity contribution >= 4 is 72.0 Å². The second-order valence-electron chi connectivity index (χ2n) is 11.4. The minimum atomic E-state index is -0.931. The predicted molar refractivity (Wildman–Crippen MR) is 176 cm³/mol. The average molecular weight is 718 g/mol. The van der Waals surface area contributed by atoms with Crippen LogP contribution >= 0.6 is 31.9 Å². The van der Waals surface area contributed by atoms with E-state index in [1.807, 2.05) is 38.1 Å². The molecule has 2 amide bonds. The van der Waals surface area contributed by atoms with Gasteiger partial charge < -0.3 is 4.74 Å². The minimum Gasteiger partial charge on any atom is -0.450 e. The molecule has 7 nitrogen and oxygen atoms in total. The van der Waals surface area contributed by atoms with Gasteiger partial charge in [0, 0.05) is 26.2 Å². The third-order valence-electron chi connectivity index (χ3n) is 8.49. The molecular weight excluding hydrogens is 688 g/mol. The topological polar surface area (TPSA) is 93.6 Å². The molecule has 9 heteroatoms. The Kier molecular flexibility index (Phi) is 8.53. The smallest absolute Gasteiger partial charge is 0.339 e. The standard InChI is InChI=1S/C35H30Br2N2O5/c1-3-31(32(40)21-7-5-4-6-8-21)44-35(43)26-18-30(38-29-14-9-19(2)15-23(26)29)20-10-12-22(13-11-20)39-33(41)24-16-27(36)28(37)17-25(24)34(39)42/h4-15,18,24-25,27-28,31H,3,16-17H2,1-2H3. The summed E-state index contributed by atoms with van der Waals surface area (Å²) in [5, 5.41) is 0.628. The number of imide groups is 1. The van der Waals surface area contributed by atoms with Crippen LogP contribution in [0.5, 0.6) is 0 Å². The highest BCUT2D eigenvalue weighted by molar-refractivity contribution is 9.12. The summed E-state index contributed by atoms with van der Waals surface area (Å²) in [5.74, 6) is -1.87. The second kappa shape index (κ2) is 12.4. The molecule has 5 atom stereocenters. The average Bonchev–Trinajstić information content (AvgIpc) is 3.27. The van der Waals surface area contributed by atoms with Crippen LogP contribution in [0.15, 0.2) is 78.9 Å². The fourth-order valence-electron chi connectivity index (χ4n) is 6.09. The Hall–Kier alpha value is -3.69. The quantitative estimate of drug-likeness (QED) is 0.0854. The summed E-state index contributed by atoms with van der Waals surface area (Å²) < 4.78 is 5.81. The molecule has 6 rings (SSSR count). The SMILES string of the molecule is CCC(OC(=O)c1cc(-c2ccc(N3C(=O)C4CC(Br)C(Br)CC4C3=O)cc2)nc2ccc(C)cc12)C(=O)c1ccccc1. The van der Waals surface area contributed by atoms with Crippen molar-refractivity contribution < 1.29 is 23.9 Å². The van der Waals surface area contributed by atoms with Crippen LogP contribution in [-0.2, 0) is 14.3 Å². The molecule has 2 heterocycles. The number of carbonyl (C=O) groups excluding carboxylic acids is 4. The van der Waals surface area contributed by atoms with Gasteiger partial charge in [0.2, 0.25) is 17.6 Å². The van der Waals surface area contributed by atoms with Gasteiger partial charge in [-0.2, -0.15) is 0 Å². The van der Waals surface area contributed by atoms with Crippen molar-refractivity contribution in [3.63, 3.8) is 0 Å². The number of ketones is 1. The highest BCUT2D eigenvalue weighted by Crippen LogP contribution is 2.44. The van der Waals surface area contributed by atoms with Crippen LogP contribution in [0.1, 0.15) is 52.5 Å². The summed E-state index contributed by atoms with van der Waals surface area (Å²) in [7, 11) is 0. The normalized spacial score (nSPS) is 22.1. The molecule has 224 valence electrons. The molecule has 0 N–H and O–H groups in total. The summed E-state index contributed by atoms with van der Waals surface area (Å²) >= 11 is 7.27. The van der Waals surface area contributed by atoms with Crippen molar-refractivity contribution in [1.29, 1.82) is 0 Å². The number of amides is 2. The fraction of sp³-hybridized carbons (Fsp3) is 0.286. The number of fused-ring (bicyclic) bond motifs is 2. The van der Waals surface area contributed by atoms with E-state index in [1.54, 1.807) is 54.6 Å². The van der Waals surface area contributed by atoms with Gasteiger partial charge in [-0.3, -0.25) is 19.3 Å². The number of rotatable bonds is 7. The highest BCUT2D eigenvalue weighted by Gasteiger charge is 2.52. The van der Waals surface area contributed by atoms with Crippen LogP contribution < -0.4 is 4.90 Å². The lowest BCUT2D eigenvalue weighted by Crippen LogP contribution is -2.34. The number of alkyl halides is 2. The summed E-state index contributed by atoms with van der Waals surface area (Å²) in [6.45, 7) is 3.74. The Morgan fingerprint density at radius 2 is 1.55 bits per heavy atom. The van der Waals surface area contributed by atoms with Gasteiger partial charge in [0.05, 0.1) is 34.3 Å². The number of Topliss-reactive ketones (excluding diaryl/α,β-unsaturated/α-hetero) is 1. The molecule has 0 spiro atoms. The molecule has 3 aromatic carbocycles. The lowest BCUT2D eigenvalue weighted by molar-refractivity contribution is -0.122. The van der Waals surface area contributed by atoms with Gasteiger partial charge in [-0.05, 0) is 56.5 Å². The molecule has 2 fully saturated rings. The maximum Gasteiger partial charge on any atom is 0.339 e. The summed E-state index contributed by atoms with van der Waals surface area (Å²) in [4.78, 5) is 59.7. The van der Waals surface area contributed by atoms with Crippen molar-refractivity contribution in [2.45, 2.75) is 48.9 Å². The molecule has 4 aromatic rings. The van der Waals surface area contributed by atoms with Gasteiger partial charge in [0.25, 0.3) is 0 Å². The lowest BCUT2D eigenvalue weighted by Gasteiger charge is -2.29. The summed E-state index contributed by atoms with van der Waals surface area (Å²) in [6, 6.07) is 23.2. The monoisotopic (exact) mass is 716 g/mol. The number of esters is 1. The molecule has 5 unspecified atom stereocenters. The van der Waals surface area contributed by atoms with Crippen molar-refractivity contribution in [3.05, 3.63) is 95.6 Å². The van der Waals surface area contributed by atoms with Gasteiger partial charge in [0.15, 0.2) is 6.10 Å². The fourth-order valence-corrected chi connectivity index (χ4v) is 7.33. The number of hydrogen-bond donors (Lipinski definition) is 0. The van der Waals surface area contributed by atoms with Gasteiger partial charge in [-0.1, -0.05) is 92.9 Å². The van der Waals surface area contributed by atoms with Crippen LogP contribution in [0.2, 0.25) is 0 Å². The molecule has 0 bridgehead atoms. The van der Waals surface area contributed by atoms with Crippen LogP contribution in [-0.4, -0.2) is 44.3 Å². The van der Waals surface area contributed by atoms with Crippen molar-refractivity contribution in [2.24, 2.45) is 11.8 Å². The molecule has 1 aliphatic carbocycles. The third-order valence-corrected chi connectivity index (χ3v) is 11.2. The molecule has 0 radical (unpaired) electrons. The Bertz CT molecular complexity index is 1750. The van der Waals surface area contributed by atoms with Crippen molar-refractivity contribution in [3.8, 4) is 11.3 Å². The van der Waals surface area contributed by atoms with E-state index in [2.05, 4.69) is 31.9 Å². The summed E-state index contributed by atoms with van der Waals surface area (Å²) in [6.07, 6.45) is 0.613. The van der Waals surface area contributed by atoms with E-state index in [9.17, 15) is 19.2 Å². The van der Waals surface area contributed by atoms with Gasteiger partial charge in [-0.25, -0.2) is 9.78 Å². The number of aromatic nitrogens is 1. The van der Waals surface area contributed by atoms with E-state index in [4.69, 9.17) is 9.72 Å². The number of anilines is 1. The molecular formula is C35H30Br2N2O5. The maximum atomic E-state index is 13.6. The van der Waals surface area contributed by atoms with Crippen molar-refractivity contribution in [1.82, 2.24) is 4.98 Å². The van der Waals surface area contributed by atoms with Gasteiger partial charge in [0.1, 0.15) is 0 Å². The molecule has 1 aromatic heterocycles. The molecule has 44 heavy (non-hydrogen) atoms. The Labute approximate surface area is 272 Å². The van der Waals surface area contributed by atoms with Crippen molar-refractivity contribution in [2.75, 3.05) is 4.90 Å². The maximum absolute atomic E-state index is 13.6. The number of pyridine rings is 1. The Morgan fingerprint density at radius 1 is 0.909 bits per heavy atom. The zero-order valence-electron chi connectivity index (χ0n) is 24.2. The number of ether oxygens (including phenoxy) is 1. The largest absolute Gasteiger partial charge is 0.450 e. The summed E-state index contributed by atoms with van der Waals surface area (Å²) in [5.41, 5.74) is 4.09. The molecule has 1 saturated carbocycles. The molecule has 2 aliphatic rings. The van der Waals surface area contributed by atoms with E-state index < -0.39 is 12.1 Å². The molecule has 1 saturated heterocycles. The van der Waals surface area contributed by atoms with E-state index >= 15 is 0 Å². The number of nitrogens with zero attached hydrogens (tertiary/aromatic N) is 2. The second-order valence-corrected chi connectivity index (χ2v) is 13.7. The van der Waals surface area contributed by atoms with E-state index in [1.165, 1.54) is 4.90 Å². The first-order valence-corrected chi connectivity index (χ1v) is 16.5. The number of halogens is 2. The van der Waals surface area contributed by atoms with Crippen LogP contribution in [0, 0.1) is 18.8 Å². The van der Waals surface area contributed by atoms with E-state index in [0.29, 0.717) is 58.2 Å². The van der Waals surface area contributed by atoms with Crippen LogP contribution in [0.25, 0.3) is 22.2 Å². The predicted octanol–water partition coefficient (Wildman–Crippen LogP) is 7.45. The van der Waals surface area contributed by atoms with E-state index in [0.717, 1.165) is 5.56 Å². The molecule has 1 aliphatic heterocycles. The zero-order valence-corrected chi connectivity index (χ0v) is 27.4. The number of hydrogen-bond acceptors (Lipinski definition) is 6. The van der Waals surface area contributed by atoms with Crippen LogP contribution in [0.3, 0.4) is 0 Å². The highest BCUT2D eigenvalue weighted by atomic mass is 79.9. The Balaban J connectivity index is 1.31. The Morgan fingerprint density at radius 3 is 2.16 bits per heavy atom. The van der Waals surface area contributed by atoms with Crippen LogP contribution in [0.4, 0.5) is 5.69 Å².